The molecule has 0 bridgehead atoms. The van der Waals surface area contributed by atoms with Gasteiger partial charge in [0.15, 0.2) is 0 Å². The number of H-pyrrole nitrogens is 1. The van der Waals surface area contributed by atoms with Crippen LogP contribution in [0.1, 0.15) is 37.9 Å². The molecule has 1 aromatic carbocycles. The van der Waals surface area contributed by atoms with Crippen molar-refractivity contribution in [2.75, 3.05) is 18.2 Å². The van der Waals surface area contributed by atoms with E-state index >= 15 is 0 Å². The summed E-state index contributed by atoms with van der Waals surface area (Å²) in [6.45, 7) is 0. The molecule has 0 unspecified atom stereocenters. The van der Waals surface area contributed by atoms with Gasteiger partial charge in [-0.25, -0.2) is 4.98 Å². The summed E-state index contributed by atoms with van der Waals surface area (Å²) in [4.78, 5) is 16.5. The number of carbonyl (C=O) groups is 1. The fourth-order valence-corrected chi connectivity index (χ4v) is 3.71. The van der Waals surface area contributed by atoms with Gasteiger partial charge in [0.2, 0.25) is 11.1 Å². The Hall–Kier alpha value is -2.02. The van der Waals surface area contributed by atoms with E-state index in [1.807, 2.05) is 24.3 Å². The summed E-state index contributed by atoms with van der Waals surface area (Å²) in [5, 5.41) is 10.7. The lowest BCUT2D eigenvalue weighted by Crippen LogP contribution is -2.14. The van der Waals surface area contributed by atoms with Gasteiger partial charge in [-0.05, 0) is 36.6 Å². The maximum Gasteiger partial charge on any atom is 0.234 e. The highest BCUT2D eigenvalue weighted by molar-refractivity contribution is 7.99. The second-order valence-corrected chi connectivity index (χ2v) is 7.26. The Bertz CT molecular complexity index is 681. The van der Waals surface area contributed by atoms with E-state index in [1.54, 1.807) is 7.11 Å². The van der Waals surface area contributed by atoms with Gasteiger partial charge in [0.1, 0.15) is 11.6 Å². The van der Waals surface area contributed by atoms with Gasteiger partial charge in [-0.2, -0.15) is 0 Å². The predicted molar refractivity (Wildman–Crippen MR) is 99.0 cm³/mol. The number of aryl methyl sites for hydroxylation is 1. The van der Waals surface area contributed by atoms with Gasteiger partial charge in [0.25, 0.3) is 0 Å². The number of nitrogens with zero attached hydrogens (tertiary/aromatic N) is 2. The van der Waals surface area contributed by atoms with Gasteiger partial charge < -0.3 is 10.1 Å². The maximum atomic E-state index is 12.0. The Morgan fingerprint density at radius 1 is 1.32 bits per heavy atom. The first-order chi connectivity index (χ1) is 12.2. The van der Waals surface area contributed by atoms with Crippen molar-refractivity contribution in [2.45, 2.75) is 43.7 Å². The molecule has 7 heteroatoms. The summed E-state index contributed by atoms with van der Waals surface area (Å²) >= 11 is 1.34. The summed E-state index contributed by atoms with van der Waals surface area (Å²) in [5.41, 5.74) is 0.749. The number of amides is 1. The second-order valence-electron chi connectivity index (χ2n) is 6.32. The van der Waals surface area contributed by atoms with Crippen molar-refractivity contribution in [1.29, 1.82) is 0 Å². The third kappa shape index (κ3) is 5.49. The molecule has 1 aliphatic carbocycles. The number of nitrogens with one attached hydrogen (secondary N) is 2. The number of aromatic nitrogens is 3. The average Bonchev–Trinajstić information content (AvgIpc) is 3.30. The summed E-state index contributed by atoms with van der Waals surface area (Å²) < 4.78 is 5.10. The minimum atomic E-state index is -0.0764. The highest BCUT2D eigenvalue weighted by Crippen LogP contribution is 2.28. The number of hydrogen-bond acceptors (Lipinski definition) is 5. The van der Waals surface area contributed by atoms with Crippen LogP contribution in [0.4, 0.5) is 5.69 Å². The van der Waals surface area contributed by atoms with Crippen molar-refractivity contribution in [1.82, 2.24) is 15.2 Å². The van der Waals surface area contributed by atoms with Gasteiger partial charge >= 0.3 is 0 Å². The number of hydrogen-bond donors (Lipinski definition) is 2. The Morgan fingerprint density at radius 3 is 2.80 bits per heavy atom. The minimum Gasteiger partial charge on any atom is -0.497 e. The molecule has 0 saturated heterocycles. The van der Waals surface area contributed by atoms with Crippen LogP contribution >= 0.6 is 11.8 Å². The van der Waals surface area contributed by atoms with Gasteiger partial charge in [-0.1, -0.05) is 37.4 Å². The molecule has 134 valence electrons. The van der Waals surface area contributed by atoms with E-state index in [-0.39, 0.29) is 11.7 Å². The molecule has 2 aromatic rings. The first kappa shape index (κ1) is 17.8. The molecule has 1 amide bonds. The lowest BCUT2D eigenvalue weighted by atomic mass is 10.0. The number of methoxy groups -OCH3 is 1. The zero-order valence-corrected chi connectivity index (χ0v) is 15.3. The molecular weight excluding hydrogens is 336 g/mol. The lowest BCUT2D eigenvalue weighted by molar-refractivity contribution is -0.113. The lowest BCUT2D eigenvalue weighted by Gasteiger charge is -2.05. The SMILES string of the molecule is COc1ccc(NC(=O)CSc2n[nH]c(CCC3CCCC3)n2)cc1. The average molecular weight is 360 g/mol. The van der Waals surface area contributed by atoms with Gasteiger partial charge in [-0.15, -0.1) is 5.10 Å². The molecule has 1 fully saturated rings. The van der Waals surface area contributed by atoms with Crippen LogP contribution in [-0.2, 0) is 11.2 Å². The quantitative estimate of drug-likeness (QED) is 0.702. The number of anilines is 1. The number of carbonyl (C=O) groups excluding carboxylic acids is 1. The van der Waals surface area contributed by atoms with Crippen LogP contribution in [0.25, 0.3) is 0 Å². The Labute approximate surface area is 152 Å². The zero-order valence-electron chi connectivity index (χ0n) is 14.5. The van der Waals surface area contributed by atoms with Gasteiger partial charge in [0.05, 0.1) is 12.9 Å². The van der Waals surface area contributed by atoms with E-state index < -0.39 is 0 Å². The molecule has 0 aliphatic heterocycles. The van der Waals surface area contributed by atoms with Crippen LogP contribution in [0.5, 0.6) is 5.75 Å². The molecule has 2 N–H and O–H groups in total. The number of ether oxygens (including phenoxy) is 1. The van der Waals surface area contributed by atoms with E-state index in [4.69, 9.17) is 4.74 Å². The Morgan fingerprint density at radius 2 is 2.08 bits per heavy atom. The molecule has 0 spiro atoms. The largest absolute Gasteiger partial charge is 0.497 e. The first-order valence-electron chi connectivity index (χ1n) is 8.71. The second kappa shape index (κ2) is 8.89. The van der Waals surface area contributed by atoms with E-state index in [2.05, 4.69) is 20.5 Å². The van der Waals surface area contributed by atoms with Crippen LogP contribution in [-0.4, -0.2) is 34.0 Å². The maximum absolute atomic E-state index is 12.0. The van der Waals surface area contributed by atoms with Gasteiger partial charge in [0, 0.05) is 12.1 Å². The molecule has 1 saturated carbocycles. The van der Waals surface area contributed by atoms with Crippen LogP contribution in [0.3, 0.4) is 0 Å². The number of benzene rings is 1. The van der Waals surface area contributed by atoms with Crippen LogP contribution in [0, 0.1) is 5.92 Å². The molecule has 1 aliphatic rings. The molecule has 1 heterocycles. The van der Waals surface area contributed by atoms with Crippen molar-refractivity contribution in [3.63, 3.8) is 0 Å². The summed E-state index contributed by atoms with van der Waals surface area (Å²) in [7, 11) is 1.61. The normalized spacial score (nSPS) is 14.6. The van der Waals surface area contributed by atoms with Crippen molar-refractivity contribution in [2.24, 2.45) is 5.92 Å². The number of rotatable bonds is 8. The minimum absolute atomic E-state index is 0.0764. The summed E-state index contributed by atoms with van der Waals surface area (Å²) in [6, 6.07) is 7.26. The standard InChI is InChI=1S/C18H24N4O2S/c1-24-15-9-7-14(8-10-15)19-17(23)12-25-18-20-16(21-22-18)11-6-13-4-2-3-5-13/h7-10,13H,2-6,11-12H2,1H3,(H,19,23)(H,20,21,22). The molecule has 0 atom stereocenters. The predicted octanol–water partition coefficient (Wildman–Crippen LogP) is 3.67. The van der Waals surface area contributed by atoms with E-state index in [0.29, 0.717) is 5.16 Å². The van der Waals surface area contributed by atoms with Crippen molar-refractivity contribution in [3.8, 4) is 5.75 Å². The summed E-state index contributed by atoms with van der Waals surface area (Å²) in [5.74, 6) is 2.73. The van der Waals surface area contributed by atoms with Crippen LogP contribution in [0.15, 0.2) is 29.4 Å². The highest BCUT2D eigenvalue weighted by atomic mass is 32.2. The third-order valence-corrected chi connectivity index (χ3v) is 5.33. The molecular formula is C18H24N4O2S. The highest BCUT2D eigenvalue weighted by Gasteiger charge is 2.16. The van der Waals surface area contributed by atoms with Crippen LogP contribution < -0.4 is 10.1 Å². The Kier molecular flexibility index (Phi) is 6.33. The molecule has 1 aromatic heterocycles. The smallest absolute Gasteiger partial charge is 0.234 e. The van der Waals surface area contributed by atoms with E-state index in [0.717, 1.165) is 29.6 Å². The number of thioether (sulfide) groups is 1. The van der Waals surface area contributed by atoms with Crippen molar-refractivity contribution in [3.05, 3.63) is 30.1 Å². The zero-order chi connectivity index (χ0) is 17.5. The Balaban J connectivity index is 1.40. The van der Waals surface area contributed by atoms with Crippen LogP contribution in [0.2, 0.25) is 0 Å². The summed E-state index contributed by atoms with van der Waals surface area (Å²) in [6.07, 6.45) is 7.55. The molecule has 0 radical (unpaired) electrons. The third-order valence-electron chi connectivity index (χ3n) is 4.48. The van der Waals surface area contributed by atoms with E-state index in [9.17, 15) is 4.79 Å². The van der Waals surface area contributed by atoms with E-state index in [1.165, 1.54) is 43.9 Å². The molecule has 25 heavy (non-hydrogen) atoms. The molecule has 6 nitrogen and oxygen atoms in total. The topological polar surface area (TPSA) is 79.9 Å². The van der Waals surface area contributed by atoms with Gasteiger partial charge in [-0.3, -0.25) is 9.89 Å². The number of aromatic amines is 1. The monoisotopic (exact) mass is 360 g/mol. The molecule has 3 rings (SSSR count). The fourth-order valence-electron chi connectivity index (χ4n) is 3.10. The van der Waals surface area contributed by atoms with Crippen molar-refractivity contribution >= 4 is 23.4 Å². The first-order valence-corrected chi connectivity index (χ1v) is 9.69. The van der Waals surface area contributed by atoms with Crippen molar-refractivity contribution < 1.29 is 9.53 Å². The fraction of sp³-hybridized carbons (Fsp3) is 0.500.